The minimum Gasteiger partial charge on any atom is -0.507 e. The Morgan fingerprint density at radius 1 is 1.62 bits per heavy atom. The van der Waals surface area contributed by atoms with Gasteiger partial charge in [0.05, 0.1) is 6.61 Å². The van der Waals surface area contributed by atoms with Gasteiger partial charge in [-0.05, 0) is 19.8 Å². The van der Waals surface area contributed by atoms with Gasteiger partial charge in [0.2, 0.25) is 0 Å². The summed E-state index contributed by atoms with van der Waals surface area (Å²) in [7, 11) is 0. The number of aromatic nitrogens is 1. The Hall–Kier alpha value is -1.78. The number of aryl methyl sites for hydroxylation is 1. The number of hydrogen-bond donors (Lipinski definition) is 1. The van der Waals surface area contributed by atoms with Crippen LogP contribution in [-0.2, 0) is 17.7 Å². The van der Waals surface area contributed by atoms with Crippen LogP contribution in [0.25, 0.3) is 0 Å². The van der Waals surface area contributed by atoms with Crippen LogP contribution in [-0.4, -0.2) is 22.2 Å². The molecule has 1 aromatic rings. The largest absolute Gasteiger partial charge is 0.507 e. The summed E-state index contributed by atoms with van der Waals surface area (Å²) in [6.07, 6.45) is 1.62. The minimum absolute atomic E-state index is 0.180. The van der Waals surface area contributed by atoms with Gasteiger partial charge in [0, 0.05) is 18.3 Å². The molecule has 0 aliphatic carbocycles. The summed E-state index contributed by atoms with van der Waals surface area (Å²) in [6, 6.07) is 1.47. The van der Waals surface area contributed by atoms with Crippen LogP contribution in [0.4, 0.5) is 0 Å². The van der Waals surface area contributed by atoms with E-state index in [1.165, 1.54) is 10.6 Å². The molecule has 86 valence electrons. The highest BCUT2D eigenvalue weighted by molar-refractivity contribution is 5.92. The van der Waals surface area contributed by atoms with Crippen LogP contribution in [0, 0.1) is 0 Å². The van der Waals surface area contributed by atoms with E-state index in [-0.39, 0.29) is 17.9 Å². The van der Waals surface area contributed by atoms with E-state index in [0.29, 0.717) is 6.54 Å². The van der Waals surface area contributed by atoms with Gasteiger partial charge < -0.3 is 14.4 Å². The van der Waals surface area contributed by atoms with Crippen molar-refractivity contribution < 1.29 is 14.6 Å². The van der Waals surface area contributed by atoms with Crippen LogP contribution in [0.1, 0.15) is 29.4 Å². The molecule has 0 fully saturated rings. The van der Waals surface area contributed by atoms with Gasteiger partial charge in [-0.2, -0.15) is 0 Å². The molecule has 0 atom stereocenters. The quantitative estimate of drug-likeness (QED) is 0.748. The Bertz CT molecular complexity index is 489. The molecule has 16 heavy (non-hydrogen) atoms. The second-order valence-electron chi connectivity index (χ2n) is 3.68. The molecule has 2 rings (SSSR count). The zero-order chi connectivity index (χ0) is 11.7. The smallest absolute Gasteiger partial charge is 0.347 e. The van der Waals surface area contributed by atoms with Crippen molar-refractivity contribution in [3.05, 3.63) is 27.7 Å². The SMILES string of the molecule is CCOC(=O)c1c(O)cc2n(c1=O)CCC2. The third kappa shape index (κ3) is 1.58. The van der Waals surface area contributed by atoms with Crippen LogP contribution >= 0.6 is 0 Å². The van der Waals surface area contributed by atoms with Gasteiger partial charge in [-0.1, -0.05) is 0 Å². The molecular weight excluding hydrogens is 210 g/mol. The van der Waals surface area contributed by atoms with Crippen molar-refractivity contribution in [2.75, 3.05) is 6.61 Å². The highest BCUT2D eigenvalue weighted by atomic mass is 16.5. The second kappa shape index (κ2) is 4.00. The molecule has 5 nitrogen and oxygen atoms in total. The summed E-state index contributed by atoms with van der Waals surface area (Å²) in [5.41, 5.74) is 0.0639. The molecule has 0 radical (unpaired) electrons. The number of carbonyl (C=O) groups is 1. The molecule has 5 heteroatoms. The number of pyridine rings is 1. The van der Waals surface area contributed by atoms with E-state index >= 15 is 0 Å². The van der Waals surface area contributed by atoms with Crippen molar-refractivity contribution >= 4 is 5.97 Å². The summed E-state index contributed by atoms with van der Waals surface area (Å²) < 4.78 is 6.26. The van der Waals surface area contributed by atoms with Gasteiger partial charge >= 0.3 is 5.97 Å². The van der Waals surface area contributed by atoms with E-state index < -0.39 is 11.5 Å². The molecule has 0 spiro atoms. The first kappa shape index (κ1) is 10.7. The molecule has 1 aromatic heterocycles. The average molecular weight is 223 g/mol. The van der Waals surface area contributed by atoms with Crippen LogP contribution in [0.2, 0.25) is 0 Å². The Balaban J connectivity index is 2.54. The first-order chi connectivity index (χ1) is 7.65. The fourth-order valence-corrected chi connectivity index (χ4v) is 1.95. The zero-order valence-corrected chi connectivity index (χ0v) is 9.02. The maximum atomic E-state index is 11.9. The predicted octanol–water partition coefficient (Wildman–Crippen LogP) is 0.677. The number of carbonyl (C=O) groups excluding carboxylic acids is 1. The van der Waals surface area contributed by atoms with Gasteiger partial charge in [-0.15, -0.1) is 0 Å². The Labute approximate surface area is 92.3 Å². The number of aromatic hydroxyl groups is 1. The van der Waals surface area contributed by atoms with E-state index in [9.17, 15) is 14.7 Å². The molecule has 0 saturated carbocycles. The molecule has 0 amide bonds. The number of fused-ring (bicyclic) bond motifs is 1. The van der Waals surface area contributed by atoms with Gasteiger partial charge in [-0.25, -0.2) is 4.79 Å². The van der Waals surface area contributed by atoms with Crippen LogP contribution in [0.3, 0.4) is 0 Å². The maximum Gasteiger partial charge on any atom is 0.347 e. The predicted molar refractivity (Wildman–Crippen MR) is 56.6 cm³/mol. The number of hydrogen-bond acceptors (Lipinski definition) is 4. The maximum absolute atomic E-state index is 11.9. The molecule has 0 unspecified atom stereocenters. The number of ether oxygens (including phenoxy) is 1. The highest BCUT2D eigenvalue weighted by Crippen LogP contribution is 2.20. The summed E-state index contributed by atoms with van der Waals surface area (Å²) in [4.78, 5) is 23.4. The first-order valence-corrected chi connectivity index (χ1v) is 5.28. The monoisotopic (exact) mass is 223 g/mol. The molecule has 1 aliphatic heterocycles. The number of nitrogens with zero attached hydrogens (tertiary/aromatic N) is 1. The molecule has 2 heterocycles. The lowest BCUT2D eigenvalue weighted by Crippen LogP contribution is -2.27. The van der Waals surface area contributed by atoms with Crippen LogP contribution in [0.15, 0.2) is 10.9 Å². The molecular formula is C11H13NO4. The van der Waals surface area contributed by atoms with E-state index in [1.807, 2.05) is 0 Å². The summed E-state index contributed by atoms with van der Waals surface area (Å²) in [5, 5.41) is 9.64. The van der Waals surface area contributed by atoms with Crippen molar-refractivity contribution in [1.29, 1.82) is 0 Å². The lowest BCUT2D eigenvalue weighted by Gasteiger charge is -2.08. The minimum atomic E-state index is -0.757. The fraction of sp³-hybridized carbons (Fsp3) is 0.455. The topological polar surface area (TPSA) is 68.5 Å². The molecule has 1 N–H and O–H groups in total. The molecule has 0 saturated heterocycles. The van der Waals surface area contributed by atoms with Crippen molar-refractivity contribution in [3.63, 3.8) is 0 Å². The van der Waals surface area contributed by atoms with Crippen molar-refractivity contribution in [1.82, 2.24) is 4.57 Å². The van der Waals surface area contributed by atoms with Gasteiger partial charge in [0.1, 0.15) is 5.75 Å². The van der Waals surface area contributed by atoms with Crippen molar-refractivity contribution in [2.24, 2.45) is 0 Å². The highest BCUT2D eigenvalue weighted by Gasteiger charge is 2.23. The molecule has 0 bridgehead atoms. The summed E-state index contributed by atoms with van der Waals surface area (Å²) >= 11 is 0. The Kier molecular flexibility index (Phi) is 2.68. The van der Waals surface area contributed by atoms with Crippen LogP contribution in [0.5, 0.6) is 5.75 Å². The van der Waals surface area contributed by atoms with Gasteiger partial charge in [0.25, 0.3) is 5.56 Å². The standard InChI is InChI=1S/C11H13NO4/c1-2-16-11(15)9-8(13)6-7-4-3-5-12(7)10(9)14/h6,13H,2-5H2,1H3. The van der Waals surface area contributed by atoms with E-state index in [1.54, 1.807) is 6.92 Å². The second-order valence-corrected chi connectivity index (χ2v) is 3.68. The van der Waals surface area contributed by atoms with E-state index in [0.717, 1.165) is 18.5 Å². The zero-order valence-electron chi connectivity index (χ0n) is 9.02. The van der Waals surface area contributed by atoms with E-state index in [4.69, 9.17) is 4.74 Å². The lowest BCUT2D eigenvalue weighted by molar-refractivity contribution is 0.0520. The van der Waals surface area contributed by atoms with Crippen molar-refractivity contribution in [2.45, 2.75) is 26.3 Å². The number of rotatable bonds is 2. The Morgan fingerprint density at radius 3 is 3.06 bits per heavy atom. The number of esters is 1. The van der Waals surface area contributed by atoms with Gasteiger partial charge in [-0.3, -0.25) is 4.79 Å². The van der Waals surface area contributed by atoms with Crippen molar-refractivity contribution in [3.8, 4) is 5.75 Å². The normalized spacial score (nSPS) is 13.6. The fourth-order valence-electron chi connectivity index (χ4n) is 1.95. The van der Waals surface area contributed by atoms with Gasteiger partial charge in [0.15, 0.2) is 5.56 Å². The third-order valence-electron chi connectivity index (χ3n) is 2.66. The lowest BCUT2D eigenvalue weighted by atomic mass is 10.2. The molecule has 0 aromatic carbocycles. The average Bonchev–Trinajstić information content (AvgIpc) is 2.66. The summed E-state index contributed by atoms with van der Waals surface area (Å²) in [6.45, 7) is 2.43. The first-order valence-electron chi connectivity index (χ1n) is 5.28. The van der Waals surface area contributed by atoms with Crippen LogP contribution < -0.4 is 5.56 Å². The summed E-state index contributed by atoms with van der Waals surface area (Å²) in [5.74, 6) is -1.04. The third-order valence-corrected chi connectivity index (χ3v) is 2.66. The van der Waals surface area contributed by atoms with E-state index in [2.05, 4.69) is 0 Å². The molecule has 1 aliphatic rings. The Morgan fingerprint density at radius 2 is 2.38 bits per heavy atom.